The summed E-state index contributed by atoms with van der Waals surface area (Å²) in [5.74, 6) is 1.83. The lowest BCUT2D eigenvalue weighted by Gasteiger charge is -2.35. The first-order chi connectivity index (χ1) is 9.34. The van der Waals surface area contributed by atoms with E-state index in [9.17, 15) is 0 Å². The average molecular weight is 257 g/mol. The molecule has 0 aromatic carbocycles. The second-order valence-corrected chi connectivity index (χ2v) is 5.69. The van der Waals surface area contributed by atoms with E-state index < -0.39 is 0 Å². The van der Waals surface area contributed by atoms with Gasteiger partial charge in [0.2, 0.25) is 0 Å². The second-order valence-electron chi connectivity index (χ2n) is 5.69. The van der Waals surface area contributed by atoms with E-state index >= 15 is 0 Å². The van der Waals surface area contributed by atoms with Crippen LogP contribution >= 0.6 is 0 Å². The monoisotopic (exact) mass is 257 g/mol. The topological polar surface area (TPSA) is 56.8 Å². The van der Waals surface area contributed by atoms with Crippen LogP contribution in [0.5, 0.6) is 0 Å². The van der Waals surface area contributed by atoms with Gasteiger partial charge >= 0.3 is 0 Å². The minimum absolute atomic E-state index is 0.480. The number of H-pyrrole nitrogens is 1. The Kier molecular flexibility index (Phi) is 2.48. The van der Waals surface area contributed by atoms with Gasteiger partial charge in [0.1, 0.15) is 17.8 Å². The largest absolute Gasteiger partial charge is 0.351 e. The molecule has 1 saturated carbocycles. The molecule has 3 heterocycles. The lowest BCUT2D eigenvalue weighted by Crippen LogP contribution is -2.50. The van der Waals surface area contributed by atoms with Crippen LogP contribution in [-0.4, -0.2) is 40.6 Å². The van der Waals surface area contributed by atoms with Crippen molar-refractivity contribution in [3.8, 4) is 0 Å². The van der Waals surface area contributed by atoms with Crippen LogP contribution in [0, 0.1) is 0 Å². The molecule has 1 aliphatic heterocycles. The zero-order valence-corrected chi connectivity index (χ0v) is 11.2. The average Bonchev–Trinajstić information content (AvgIpc) is 3.18. The van der Waals surface area contributed by atoms with E-state index in [1.165, 1.54) is 23.8 Å². The van der Waals surface area contributed by atoms with Gasteiger partial charge in [-0.25, -0.2) is 9.97 Å². The van der Waals surface area contributed by atoms with Gasteiger partial charge in [0.15, 0.2) is 0 Å². The van der Waals surface area contributed by atoms with Crippen LogP contribution in [0.15, 0.2) is 12.5 Å². The number of aromatic nitrogens is 3. The third kappa shape index (κ3) is 1.80. The fourth-order valence-electron chi connectivity index (χ4n) is 3.06. The Morgan fingerprint density at radius 3 is 3.00 bits per heavy atom. The third-order valence-corrected chi connectivity index (χ3v) is 4.27. The Morgan fingerprint density at radius 2 is 2.21 bits per heavy atom. The molecule has 1 saturated heterocycles. The number of nitrogens with one attached hydrogen (secondary N) is 2. The molecule has 5 heteroatoms. The Hall–Kier alpha value is -1.62. The SMILES string of the molecule is CC1CNCCN1c1ncnc2[nH]cc(C3CC3)c12. The quantitative estimate of drug-likeness (QED) is 0.858. The zero-order chi connectivity index (χ0) is 12.8. The summed E-state index contributed by atoms with van der Waals surface area (Å²) in [6.07, 6.45) is 6.42. The summed E-state index contributed by atoms with van der Waals surface area (Å²) in [4.78, 5) is 14.7. The van der Waals surface area contributed by atoms with Crippen molar-refractivity contribution < 1.29 is 0 Å². The second kappa shape index (κ2) is 4.20. The Labute approximate surface area is 112 Å². The number of fused-ring (bicyclic) bond motifs is 1. The summed E-state index contributed by atoms with van der Waals surface area (Å²) in [6.45, 7) is 5.32. The van der Waals surface area contributed by atoms with Gasteiger partial charge in [-0.2, -0.15) is 0 Å². The number of anilines is 1. The molecular weight excluding hydrogens is 238 g/mol. The predicted octanol–water partition coefficient (Wildman–Crippen LogP) is 1.63. The summed E-state index contributed by atoms with van der Waals surface area (Å²) in [6, 6.07) is 0.480. The van der Waals surface area contributed by atoms with Gasteiger partial charge in [0.25, 0.3) is 0 Å². The van der Waals surface area contributed by atoms with Crippen molar-refractivity contribution in [1.29, 1.82) is 0 Å². The Balaban J connectivity index is 1.85. The van der Waals surface area contributed by atoms with Crippen molar-refractivity contribution in [2.75, 3.05) is 24.5 Å². The molecule has 2 aromatic rings. The number of nitrogens with zero attached hydrogens (tertiary/aromatic N) is 3. The van der Waals surface area contributed by atoms with E-state index in [1.54, 1.807) is 6.33 Å². The number of piperazine rings is 1. The molecule has 19 heavy (non-hydrogen) atoms. The molecule has 2 aromatic heterocycles. The molecule has 1 atom stereocenters. The summed E-state index contributed by atoms with van der Waals surface area (Å²) >= 11 is 0. The van der Waals surface area contributed by atoms with Gasteiger partial charge in [0, 0.05) is 31.9 Å². The minimum atomic E-state index is 0.480. The smallest absolute Gasteiger partial charge is 0.143 e. The highest BCUT2D eigenvalue weighted by atomic mass is 15.3. The van der Waals surface area contributed by atoms with Crippen LogP contribution < -0.4 is 10.2 Å². The zero-order valence-electron chi connectivity index (χ0n) is 11.2. The number of rotatable bonds is 2. The Morgan fingerprint density at radius 1 is 1.32 bits per heavy atom. The van der Waals surface area contributed by atoms with E-state index in [0.717, 1.165) is 37.0 Å². The number of hydrogen-bond donors (Lipinski definition) is 2. The molecule has 0 amide bonds. The van der Waals surface area contributed by atoms with E-state index in [2.05, 4.69) is 38.3 Å². The first kappa shape index (κ1) is 11.2. The van der Waals surface area contributed by atoms with Crippen LogP contribution in [0.4, 0.5) is 5.82 Å². The summed E-state index contributed by atoms with van der Waals surface area (Å²) in [5, 5.41) is 4.68. The summed E-state index contributed by atoms with van der Waals surface area (Å²) in [5.41, 5.74) is 2.40. The molecule has 2 fully saturated rings. The lowest BCUT2D eigenvalue weighted by molar-refractivity contribution is 0.498. The molecule has 0 spiro atoms. The van der Waals surface area contributed by atoms with Crippen molar-refractivity contribution in [3.63, 3.8) is 0 Å². The van der Waals surface area contributed by atoms with Crippen LogP contribution in [0.3, 0.4) is 0 Å². The van der Waals surface area contributed by atoms with Crippen LogP contribution in [0.2, 0.25) is 0 Å². The molecule has 100 valence electrons. The highest BCUT2D eigenvalue weighted by Crippen LogP contribution is 2.44. The highest BCUT2D eigenvalue weighted by molar-refractivity contribution is 5.91. The van der Waals surface area contributed by atoms with E-state index in [-0.39, 0.29) is 0 Å². The van der Waals surface area contributed by atoms with Gasteiger partial charge in [-0.1, -0.05) is 0 Å². The number of aromatic amines is 1. The van der Waals surface area contributed by atoms with Crippen molar-refractivity contribution >= 4 is 16.9 Å². The maximum atomic E-state index is 4.59. The summed E-state index contributed by atoms with van der Waals surface area (Å²) < 4.78 is 0. The summed E-state index contributed by atoms with van der Waals surface area (Å²) in [7, 11) is 0. The van der Waals surface area contributed by atoms with Gasteiger partial charge in [-0.3, -0.25) is 0 Å². The van der Waals surface area contributed by atoms with E-state index in [0.29, 0.717) is 6.04 Å². The maximum absolute atomic E-state index is 4.59. The fourth-order valence-corrected chi connectivity index (χ4v) is 3.06. The number of hydrogen-bond acceptors (Lipinski definition) is 4. The van der Waals surface area contributed by atoms with E-state index in [1.807, 2.05) is 0 Å². The molecule has 0 radical (unpaired) electrons. The fraction of sp³-hybridized carbons (Fsp3) is 0.571. The van der Waals surface area contributed by atoms with Crippen molar-refractivity contribution in [2.24, 2.45) is 0 Å². The molecule has 4 rings (SSSR count). The van der Waals surface area contributed by atoms with Crippen molar-refractivity contribution in [2.45, 2.75) is 31.7 Å². The third-order valence-electron chi connectivity index (χ3n) is 4.27. The molecule has 1 unspecified atom stereocenters. The maximum Gasteiger partial charge on any atom is 0.143 e. The van der Waals surface area contributed by atoms with Gasteiger partial charge in [-0.05, 0) is 31.2 Å². The van der Waals surface area contributed by atoms with Crippen molar-refractivity contribution in [3.05, 3.63) is 18.1 Å². The predicted molar refractivity (Wildman–Crippen MR) is 75.5 cm³/mol. The lowest BCUT2D eigenvalue weighted by atomic mass is 10.1. The van der Waals surface area contributed by atoms with Gasteiger partial charge in [0.05, 0.1) is 5.39 Å². The molecular formula is C14H19N5. The van der Waals surface area contributed by atoms with Crippen LogP contribution in [0.1, 0.15) is 31.2 Å². The van der Waals surface area contributed by atoms with Gasteiger partial charge < -0.3 is 15.2 Å². The van der Waals surface area contributed by atoms with Gasteiger partial charge in [-0.15, -0.1) is 0 Å². The minimum Gasteiger partial charge on any atom is -0.351 e. The molecule has 1 aliphatic carbocycles. The first-order valence-corrected chi connectivity index (χ1v) is 7.14. The molecule has 5 nitrogen and oxygen atoms in total. The molecule has 2 N–H and O–H groups in total. The standard InChI is InChI=1S/C14H19N5/c1-9-6-15-4-5-19(9)14-12-11(10-2-3-10)7-16-13(12)17-8-18-14/h7-10,15H,2-6H2,1H3,(H,16,17,18). The first-order valence-electron chi connectivity index (χ1n) is 7.14. The van der Waals surface area contributed by atoms with E-state index in [4.69, 9.17) is 0 Å². The molecule has 0 bridgehead atoms. The normalized spacial score (nSPS) is 24.1. The molecule has 2 aliphatic rings. The van der Waals surface area contributed by atoms with Crippen LogP contribution in [-0.2, 0) is 0 Å². The van der Waals surface area contributed by atoms with Crippen molar-refractivity contribution in [1.82, 2.24) is 20.3 Å². The highest BCUT2D eigenvalue weighted by Gasteiger charge is 2.30. The van der Waals surface area contributed by atoms with Crippen LogP contribution in [0.25, 0.3) is 11.0 Å². The Bertz CT molecular complexity index is 601.